The van der Waals surface area contributed by atoms with E-state index in [0.29, 0.717) is 0 Å². The lowest BCUT2D eigenvalue weighted by Gasteiger charge is -2.24. The Kier molecular flexibility index (Phi) is 4.85. The highest BCUT2D eigenvalue weighted by Crippen LogP contribution is 2.40. The first-order valence-corrected chi connectivity index (χ1v) is 11.5. The quantitative estimate of drug-likeness (QED) is 0.712. The Labute approximate surface area is 167 Å². The van der Waals surface area contributed by atoms with Crippen LogP contribution in [-0.4, -0.2) is 43.3 Å². The van der Waals surface area contributed by atoms with Gasteiger partial charge in [-0.1, -0.05) is 0 Å². The lowest BCUT2D eigenvalue weighted by atomic mass is 10.1. The Morgan fingerprint density at radius 3 is 2.93 bits per heavy atom. The summed E-state index contributed by atoms with van der Waals surface area (Å²) in [5.41, 5.74) is 2.86. The predicted octanol–water partition coefficient (Wildman–Crippen LogP) is 2.29. The number of morpholine rings is 1. The number of rotatable bonds is 5. The zero-order valence-corrected chi connectivity index (χ0v) is 17.3. The van der Waals surface area contributed by atoms with Crippen LogP contribution in [0.5, 0.6) is 0 Å². The zero-order chi connectivity index (χ0) is 18.2. The number of anilines is 1. The van der Waals surface area contributed by atoms with E-state index in [1.54, 1.807) is 11.3 Å². The maximum atomic E-state index is 5.50. The Morgan fingerprint density at radius 2 is 2.11 bits per heavy atom. The smallest absolute Gasteiger partial charge is 0.187 e. The van der Waals surface area contributed by atoms with Gasteiger partial charge in [0.25, 0.3) is 0 Å². The second kappa shape index (κ2) is 7.47. The molecule has 0 aromatic carbocycles. The molecule has 1 fully saturated rings. The van der Waals surface area contributed by atoms with Crippen LogP contribution in [0.4, 0.5) is 5.82 Å². The Bertz CT molecular complexity index is 931. The fourth-order valence-electron chi connectivity index (χ4n) is 4.17. The van der Waals surface area contributed by atoms with Crippen LogP contribution in [0.3, 0.4) is 0 Å². The number of aromatic nitrogens is 2. The molecule has 142 valence electrons. The summed E-state index contributed by atoms with van der Waals surface area (Å²) in [6, 6.07) is 2.20. The molecule has 0 atom stereocenters. The predicted molar refractivity (Wildman–Crippen MR) is 111 cm³/mol. The molecule has 5 rings (SSSR count). The molecule has 2 aliphatic rings. The molecular formula is C20H25N4OS2+. The largest absolute Gasteiger partial charge is 0.370 e. The third-order valence-electron chi connectivity index (χ3n) is 5.56. The Hall–Kier alpha value is -1.54. The number of hydrogen-bond donors (Lipinski definition) is 1. The fraction of sp³-hybridized carbons (Fsp3) is 0.500. The molecule has 4 heterocycles. The van der Waals surface area contributed by atoms with Crippen LogP contribution in [0.2, 0.25) is 0 Å². The minimum Gasteiger partial charge on any atom is -0.370 e. The monoisotopic (exact) mass is 401 g/mol. The van der Waals surface area contributed by atoms with Crippen molar-refractivity contribution in [2.24, 2.45) is 0 Å². The van der Waals surface area contributed by atoms with E-state index in [9.17, 15) is 0 Å². The molecule has 0 unspecified atom stereocenters. The molecule has 27 heavy (non-hydrogen) atoms. The van der Waals surface area contributed by atoms with E-state index >= 15 is 0 Å². The number of fused-ring (bicyclic) bond motifs is 3. The maximum Gasteiger partial charge on any atom is 0.187 e. The minimum atomic E-state index is 0.843. The van der Waals surface area contributed by atoms with Gasteiger partial charge in [0.15, 0.2) is 5.82 Å². The SMILES string of the molecule is CN(Cc1ccsc1)c1nc(C[NH+]2CCOCC2)nc2sc3c(c12)CCC3. The summed E-state index contributed by atoms with van der Waals surface area (Å²) in [5.74, 6) is 2.10. The zero-order valence-electron chi connectivity index (χ0n) is 15.7. The van der Waals surface area contributed by atoms with Gasteiger partial charge in [-0.2, -0.15) is 11.3 Å². The van der Waals surface area contributed by atoms with Gasteiger partial charge in [0.05, 0.1) is 18.6 Å². The molecular weight excluding hydrogens is 376 g/mol. The molecule has 7 heteroatoms. The number of aryl methyl sites for hydroxylation is 2. The molecule has 0 amide bonds. The van der Waals surface area contributed by atoms with Crippen molar-refractivity contribution in [1.29, 1.82) is 0 Å². The summed E-state index contributed by atoms with van der Waals surface area (Å²) < 4.78 is 5.50. The summed E-state index contributed by atoms with van der Waals surface area (Å²) in [6.45, 7) is 5.56. The first kappa shape index (κ1) is 17.6. The second-order valence-corrected chi connectivity index (χ2v) is 9.39. The number of nitrogens with one attached hydrogen (secondary N) is 1. The molecule has 0 bridgehead atoms. The highest BCUT2D eigenvalue weighted by molar-refractivity contribution is 7.19. The minimum absolute atomic E-state index is 0.843. The number of quaternary nitrogens is 1. The Morgan fingerprint density at radius 1 is 1.22 bits per heavy atom. The molecule has 0 saturated carbocycles. The first-order valence-electron chi connectivity index (χ1n) is 9.72. The molecule has 1 aliphatic heterocycles. The number of ether oxygens (including phenoxy) is 1. The van der Waals surface area contributed by atoms with Crippen molar-refractivity contribution in [3.05, 3.63) is 38.7 Å². The van der Waals surface area contributed by atoms with Crippen LogP contribution in [0.25, 0.3) is 10.2 Å². The van der Waals surface area contributed by atoms with Crippen LogP contribution < -0.4 is 9.80 Å². The van der Waals surface area contributed by atoms with E-state index in [1.807, 2.05) is 11.3 Å². The van der Waals surface area contributed by atoms with Gasteiger partial charge in [-0.3, -0.25) is 0 Å². The molecule has 3 aromatic heterocycles. The summed E-state index contributed by atoms with van der Waals surface area (Å²) in [5, 5.41) is 5.69. The maximum absolute atomic E-state index is 5.50. The molecule has 0 radical (unpaired) electrons. The summed E-state index contributed by atoms with van der Waals surface area (Å²) >= 11 is 3.65. The van der Waals surface area contributed by atoms with Crippen molar-refractivity contribution in [1.82, 2.24) is 9.97 Å². The molecule has 0 spiro atoms. The van der Waals surface area contributed by atoms with E-state index in [2.05, 4.69) is 28.8 Å². The lowest BCUT2D eigenvalue weighted by Crippen LogP contribution is -3.12. The van der Waals surface area contributed by atoms with Gasteiger partial charge in [-0.15, -0.1) is 11.3 Å². The van der Waals surface area contributed by atoms with Gasteiger partial charge in [-0.05, 0) is 47.2 Å². The van der Waals surface area contributed by atoms with Gasteiger partial charge in [-0.25, -0.2) is 9.97 Å². The standard InChI is InChI=1S/C20H24N4OS2/c1-23(11-14-5-10-26-13-14)19-18-15-3-2-4-16(15)27-20(18)22-17(21-19)12-24-6-8-25-9-7-24/h5,10,13H,2-4,6-9,11-12H2,1H3/p+1. The van der Waals surface area contributed by atoms with Crippen LogP contribution in [0.15, 0.2) is 16.8 Å². The van der Waals surface area contributed by atoms with Crippen molar-refractivity contribution in [3.8, 4) is 0 Å². The van der Waals surface area contributed by atoms with Gasteiger partial charge in [0.2, 0.25) is 0 Å². The molecule has 1 aliphatic carbocycles. The van der Waals surface area contributed by atoms with Crippen LogP contribution in [-0.2, 0) is 30.7 Å². The topological polar surface area (TPSA) is 42.7 Å². The van der Waals surface area contributed by atoms with Crippen molar-refractivity contribution >= 4 is 38.7 Å². The van der Waals surface area contributed by atoms with Gasteiger partial charge in [0, 0.05) is 18.5 Å². The van der Waals surface area contributed by atoms with Gasteiger partial charge in [0.1, 0.15) is 30.3 Å². The van der Waals surface area contributed by atoms with Crippen molar-refractivity contribution in [2.45, 2.75) is 32.4 Å². The average Bonchev–Trinajstić information content (AvgIpc) is 3.39. The van der Waals surface area contributed by atoms with Crippen molar-refractivity contribution in [2.75, 3.05) is 38.3 Å². The Balaban J connectivity index is 1.53. The third kappa shape index (κ3) is 3.49. The highest BCUT2D eigenvalue weighted by Gasteiger charge is 2.25. The van der Waals surface area contributed by atoms with Gasteiger partial charge >= 0.3 is 0 Å². The summed E-state index contributed by atoms with van der Waals surface area (Å²) in [4.78, 5) is 16.6. The van der Waals surface area contributed by atoms with E-state index in [4.69, 9.17) is 14.7 Å². The number of nitrogens with zero attached hydrogens (tertiary/aromatic N) is 3. The summed E-state index contributed by atoms with van der Waals surface area (Å²) in [6.07, 6.45) is 3.64. The average molecular weight is 402 g/mol. The highest BCUT2D eigenvalue weighted by atomic mass is 32.1. The van der Waals surface area contributed by atoms with E-state index in [1.165, 1.54) is 50.4 Å². The third-order valence-corrected chi connectivity index (χ3v) is 7.48. The van der Waals surface area contributed by atoms with E-state index in [0.717, 1.165) is 51.0 Å². The van der Waals surface area contributed by atoms with E-state index in [-0.39, 0.29) is 0 Å². The van der Waals surface area contributed by atoms with Crippen LogP contribution in [0.1, 0.15) is 28.2 Å². The number of thiophene rings is 2. The summed E-state index contributed by atoms with van der Waals surface area (Å²) in [7, 11) is 2.17. The molecule has 1 saturated heterocycles. The van der Waals surface area contributed by atoms with Crippen molar-refractivity contribution in [3.63, 3.8) is 0 Å². The number of hydrogen-bond acceptors (Lipinski definition) is 6. The van der Waals surface area contributed by atoms with Crippen molar-refractivity contribution < 1.29 is 9.64 Å². The fourth-order valence-corrected chi connectivity index (χ4v) is 6.10. The normalized spacial score (nSPS) is 17.5. The van der Waals surface area contributed by atoms with Gasteiger partial charge < -0.3 is 14.5 Å². The van der Waals surface area contributed by atoms with Crippen LogP contribution in [0, 0.1) is 0 Å². The molecule has 3 aromatic rings. The lowest BCUT2D eigenvalue weighted by molar-refractivity contribution is -0.922. The molecule has 1 N–H and O–H groups in total. The molecule has 5 nitrogen and oxygen atoms in total. The van der Waals surface area contributed by atoms with Crippen LogP contribution >= 0.6 is 22.7 Å². The first-order chi connectivity index (χ1) is 13.3. The van der Waals surface area contributed by atoms with E-state index < -0.39 is 0 Å². The second-order valence-electron chi connectivity index (χ2n) is 7.53.